The lowest BCUT2D eigenvalue weighted by Crippen LogP contribution is -2.52. The van der Waals surface area contributed by atoms with Crippen LogP contribution in [0.15, 0.2) is 55.0 Å². The summed E-state index contributed by atoms with van der Waals surface area (Å²) >= 11 is 1.60. The number of aromatic amines is 1. The van der Waals surface area contributed by atoms with Crippen LogP contribution in [0.2, 0.25) is 0 Å². The fourth-order valence-corrected chi connectivity index (χ4v) is 5.18. The number of carbonyl (C=O) groups is 3. The molecule has 0 bridgehead atoms. The van der Waals surface area contributed by atoms with Crippen LogP contribution in [0, 0.1) is 5.92 Å². The Morgan fingerprint density at radius 1 is 1.15 bits per heavy atom. The largest absolute Gasteiger partial charge is 0.467 e. The molecule has 0 spiro atoms. The van der Waals surface area contributed by atoms with Gasteiger partial charge in [0.25, 0.3) is 0 Å². The van der Waals surface area contributed by atoms with E-state index >= 15 is 0 Å². The number of esters is 1. The minimum absolute atomic E-state index is 0.0320. The van der Waals surface area contributed by atoms with E-state index in [2.05, 4.69) is 52.6 Å². The van der Waals surface area contributed by atoms with Crippen LogP contribution in [-0.2, 0) is 25.7 Å². The van der Waals surface area contributed by atoms with Crippen molar-refractivity contribution in [2.24, 2.45) is 11.7 Å². The summed E-state index contributed by atoms with van der Waals surface area (Å²) in [5.74, 6) is -0.278. The molecule has 4 atom stereocenters. The van der Waals surface area contributed by atoms with Crippen LogP contribution in [0.3, 0.4) is 0 Å². The average molecular weight is 583 g/mol. The molecular weight excluding hydrogens is 540 g/mol. The quantitative estimate of drug-likeness (QED) is 0.189. The molecule has 0 saturated heterocycles. The summed E-state index contributed by atoms with van der Waals surface area (Å²) in [5.41, 5.74) is 7.70. The van der Waals surface area contributed by atoms with E-state index in [1.165, 1.54) is 13.4 Å². The number of imidazole rings is 1. The first kappa shape index (κ1) is 32.1. The molecule has 0 aliphatic heterocycles. The lowest BCUT2D eigenvalue weighted by Gasteiger charge is -2.32. The van der Waals surface area contributed by atoms with Crippen molar-refractivity contribution < 1.29 is 19.1 Å². The minimum atomic E-state index is -0.917. The highest BCUT2D eigenvalue weighted by Gasteiger charge is 2.28. The maximum atomic E-state index is 13.3. The van der Waals surface area contributed by atoms with Gasteiger partial charge in [0.1, 0.15) is 12.1 Å². The molecular formula is C30H42N6O4S. The van der Waals surface area contributed by atoms with Crippen LogP contribution in [0.25, 0.3) is 10.8 Å². The number of fused-ring (bicyclic) bond motifs is 1. The monoisotopic (exact) mass is 582 g/mol. The van der Waals surface area contributed by atoms with Crippen molar-refractivity contribution in [1.29, 1.82) is 0 Å². The van der Waals surface area contributed by atoms with Crippen molar-refractivity contribution in [2.45, 2.75) is 51.4 Å². The number of rotatable bonds is 16. The molecule has 0 fully saturated rings. The molecule has 10 nitrogen and oxygen atoms in total. The summed E-state index contributed by atoms with van der Waals surface area (Å²) in [4.78, 5) is 47.7. The number of nitrogens with two attached hydrogens (primary N) is 1. The molecule has 1 heterocycles. The first-order chi connectivity index (χ1) is 19.8. The number of nitrogens with one attached hydrogen (secondary N) is 3. The van der Waals surface area contributed by atoms with E-state index in [1.54, 1.807) is 18.0 Å². The van der Waals surface area contributed by atoms with Gasteiger partial charge in [-0.1, -0.05) is 62.7 Å². The van der Waals surface area contributed by atoms with Gasteiger partial charge in [0.15, 0.2) is 0 Å². The minimum Gasteiger partial charge on any atom is -0.467 e. The molecule has 1 aromatic heterocycles. The van der Waals surface area contributed by atoms with Crippen LogP contribution in [0.1, 0.15) is 44.0 Å². The summed E-state index contributed by atoms with van der Waals surface area (Å²) in [7, 11) is 1.32. The summed E-state index contributed by atoms with van der Waals surface area (Å²) in [6.07, 6.45) is 6.33. The van der Waals surface area contributed by atoms with Crippen LogP contribution >= 0.6 is 11.8 Å². The van der Waals surface area contributed by atoms with E-state index in [9.17, 15) is 14.4 Å². The average Bonchev–Trinajstić information content (AvgIpc) is 3.53. The van der Waals surface area contributed by atoms with Gasteiger partial charge < -0.3 is 26.1 Å². The van der Waals surface area contributed by atoms with Crippen LogP contribution in [0.4, 0.5) is 0 Å². The zero-order valence-corrected chi connectivity index (χ0v) is 25.1. The van der Waals surface area contributed by atoms with Crippen LogP contribution < -0.4 is 16.4 Å². The molecule has 41 heavy (non-hydrogen) atoms. The van der Waals surface area contributed by atoms with Gasteiger partial charge in [-0.2, -0.15) is 11.8 Å². The normalized spacial score (nSPS) is 14.3. The number of aromatic nitrogens is 2. The summed E-state index contributed by atoms with van der Waals surface area (Å²) in [6.45, 7) is 5.03. The van der Waals surface area contributed by atoms with Crippen molar-refractivity contribution >= 4 is 40.3 Å². The first-order valence-corrected chi connectivity index (χ1v) is 15.3. The number of methoxy groups -OCH3 is 1. The van der Waals surface area contributed by atoms with Crippen molar-refractivity contribution in [3.05, 3.63) is 66.2 Å². The van der Waals surface area contributed by atoms with Gasteiger partial charge in [-0.3, -0.25) is 14.5 Å². The highest BCUT2D eigenvalue weighted by atomic mass is 32.2. The molecule has 2 aromatic carbocycles. The van der Waals surface area contributed by atoms with Crippen LogP contribution in [-0.4, -0.2) is 76.9 Å². The summed E-state index contributed by atoms with van der Waals surface area (Å²) in [5, 5.41) is 8.17. The Kier molecular flexibility index (Phi) is 12.6. The number of amides is 2. The summed E-state index contributed by atoms with van der Waals surface area (Å²) in [6, 6.07) is 12.3. The number of ether oxygens (including phenoxy) is 1. The zero-order chi connectivity index (χ0) is 29.8. The highest BCUT2D eigenvalue weighted by molar-refractivity contribution is 7.98. The number of hydrogen-bond donors (Lipinski definition) is 4. The first-order valence-electron chi connectivity index (χ1n) is 13.9. The van der Waals surface area contributed by atoms with E-state index in [1.807, 2.05) is 35.4 Å². The Morgan fingerprint density at radius 3 is 2.59 bits per heavy atom. The topological polar surface area (TPSA) is 142 Å². The third-order valence-corrected chi connectivity index (χ3v) is 7.95. The van der Waals surface area contributed by atoms with E-state index in [0.717, 1.165) is 22.8 Å². The standard InChI is InChI=1S/C30H42N6O4S/c1-5-20(2)26(35-29(38)28(31)25-15-32-19-33-25)17-36(16-22-11-8-10-21-9-6-7-12-23(21)22)18-27(37)34-24(13-14-41-4)30(39)40-3/h6-12,15,19-20,24,26,28H,5,13-14,16-18,31H2,1-4H3,(H,32,33)(H,34,37)(H,35,38)/t20-,24-,26+,28-/m0/s1. The molecule has 222 valence electrons. The molecule has 11 heteroatoms. The number of thioether (sulfide) groups is 1. The smallest absolute Gasteiger partial charge is 0.328 e. The third kappa shape index (κ3) is 9.31. The van der Waals surface area contributed by atoms with Crippen molar-refractivity contribution in [3.63, 3.8) is 0 Å². The number of H-pyrrole nitrogens is 1. The number of benzene rings is 2. The molecule has 3 rings (SSSR count). The van der Waals surface area contributed by atoms with E-state index in [-0.39, 0.29) is 30.3 Å². The lowest BCUT2D eigenvalue weighted by atomic mass is 9.97. The SMILES string of the molecule is CC[C@H](C)[C@@H](CN(CC(=O)N[C@@H](CCSC)C(=O)OC)Cc1cccc2ccccc12)NC(=O)[C@@H](N)c1c[nH]cn1. The van der Waals surface area contributed by atoms with Gasteiger partial charge in [0.2, 0.25) is 11.8 Å². The van der Waals surface area contributed by atoms with Gasteiger partial charge in [-0.05, 0) is 40.7 Å². The van der Waals surface area contributed by atoms with Gasteiger partial charge in [0, 0.05) is 25.3 Å². The molecule has 0 radical (unpaired) electrons. The molecule has 0 saturated carbocycles. The summed E-state index contributed by atoms with van der Waals surface area (Å²) < 4.78 is 4.92. The third-order valence-electron chi connectivity index (χ3n) is 7.31. The molecule has 5 N–H and O–H groups in total. The van der Waals surface area contributed by atoms with E-state index < -0.39 is 18.1 Å². The van der Waals surface area contributed by atoms with E-state index in [4.69, 9.17) is 10.5 Å². The highest BCUT2D eigenvalue weighted by Crippen LogP contribution is 2.21. The Morgan fingerprint density at radius 2 is 1.90 bits per heavy atom. The molecule has 0 aliphatic rings. The predicted octanol–water partition coefficient (Wildman–Crippen LogP) is 3.01. The van der Waals surface area contributed by atoms with Crippen molar-refractivity contribution in [3.8, 4) is 0 Å². The van der Waals surface area contributed by atoms with Gasteiger partial charge in [-0.25, -0.2) is 9.78 Å². The Hall–Kier alpha value is -3.41. The molecule has 2 amide bonds. The zero-order valence-electron chi connectivity index (χ0n) is 24.3. The van der Waals surface area contributed by atoms with Gasteiger partial charge in [-0.15, -0.1) is 0 Å². The second-order valence-corrected chi connectivity index (χ2v) is 11.2. The van der Waals surface area contributed by atoms with Crippen molar-refractivity contribution in [1.82, 2.24) is 25.5 Å². The Balaban J connectivity index is 1.85. The fraction of sp³-hybridized carbons (Fsp3) is 0.467. The molecule has 0 unspecified atom stereocenters. The Bertz CT molecular complexity index is 1270. The van der Waals surface area contributed by atoms with Gasteiger partial charge >= 0.3 is 5.97 Å². The maximum absolute atomic E-state index is 13.3. The van der Waals surface area contributed by atoms with Crippen molar-refractivity contribution in [2.75, 3.05) is 32.2 Å². The number of carbonyl (C=O) groups excluding carboxylic acids is 3. The molecule has 0 aliphatic carbocycles. The fourth-order valence-electron chi connectivity index (χ4n) is 4.71. The predicted molar refractivity (Wildman–Crippen MR) is 163 cm³/mol. The lowest BCUT2D eigenvalue weighted by molar-refractivity contribution is -0.145. The second kappa shape index (κ2) is 16.1. The Labute approximate surface area is 246 Å². The van der Waals surface area contributed by atoms with Gasteiger partial charge in [0.05, 0.1) is 25.7 Å². The van der Waals surface area contributed by atoms with Crippen LogP contribution in [0.5, 0.6) is 0 Å². The maximum Gasteiger partial charge on any atom is 0.328 e. The van der Waals surface area contributed by atoms with E-state index in [0.29, 0.717) is 31.0 Å². The number of nitrogens with zero attached hydrogens (tertiary/aromatic N) is 2. The number of hydrogen-bond acceptors (Lipinski definition) is 8. The second-order valence-electron chi connectivity index (χ2n) is 10.2. The molecule has 3 aromatic rings.